The topological polar surface area (TPSA) is 233 Å². The maximum absolute atomic E-state index is 13.8. The Morgan fingerprint density at radius 2 is 0.611 bits per heavy atom. The van der Waals surface area contributed by atoms with Gasteiger partial charge in [-0.1, -0.05) is 124 Å². The smallest absolute Gasteiger partial charge is 0.161 e. The molecule has 144 heavy (non-hydrogen) atoms. The fourth-order valence-corrected chi connectivity index (χ4v) is 18.4. The van der Waals surface area contributed by atoms with E-state index >= 15 is 0 Å². The van der Waals surface area contributed by atoms with Crippen molar-refractivity contribution in [1.29, 1.82) is 0 Å². The van der Waals surface area contributed by atoms with Crippen LogP contribution in [-0.4, -0.2) is 228 Å². The van der Waals surface area contributed by atoms with Crippen molar-refractivity contribution in [3.63, 3.8) is 0 Å². The van der Waals surface area contributed by atoms with Gasteiger partial charge in [0.25, 0.3) is 0 Å². The Morgan fingerprint density at radius 1 is 0.319 bits per heavy atom. The Kier molecular flexibility index (Phi) is 22.9. The van der Waals surface area contributed by atoms with Crippen molar-refractivity contribution < 1.29 is 160 Å². The number of piperidine rings is 6. The molecule has 0 N–H and O–H groups in total. The van der Waals surface area contributed by atoms with E-state index in [0.29, 0.717) is 87.2 Å². The standard InChI is InChI=1S/3C20H29NO3.3C19H27NO3.3CH4/c3*1-5-13(2)8-15-12-21-7-6-14-9-19(23-3)20(24-4)10-16(14)17(21)11-18(15)22;3*1-12(2)7-14-11-20-6-5-13-8-18(22-3)19(23-4)9-15(13)16(20)10-17(14)21;;;/h3*9-10,13,15,17H,5-8,11-12H2,1-4H3;3*8-9,12,14,16H,5-7,10-11H2,1-4H3;3*1H4/i2D3,5D2,8D2,11D2,12D2,13D,15D;2D3,5D2,6D2,7D2,8D2,13D,17D;2D3,5D2,8D2,12D2,13D;5D2,6D2,10D2,14D,16D;10D2,11D2,14D;5D2,6D2,16D;;;. The quantitative estimate of drug-likeness (QED) is 0.0466. The third-order valence-electron chi connectivity index (χ3n) is 25.5. The molecule has 6 aromatic rings. The van der Waals surface area contributed by atoms with Crippen LogP contribution in [0.3, 0.4) is 0 Å². The molecule has 0 radical (unpaired) electrons. The second kappa shape index (κ2) is 53.5. The summed E-state index contributed by atoms with van der Waals surface area (Å²) in [6.07, 6.45) is -36.3. The number of methoxy groups -OCH3 is 12. The molecule has 15 atom stereocenters. The Bertz CT molecular complexity index is 7990. The number of ketones is 6. The normalized spacial score (nSPS) is 38.4. The number of carbonyl (C=O) groups is 6. The molecule has 18 rings (SSSR count). The van der Waals surface area contributed by atoms with Crippen LogP contribution in [-0.2, 0) is 67.1 Å². The first-order valence-electron chi connectivity index (χ1n) is 73.6. The zero-order chi connectivity index (χ0) is 150. The lowest BCUT2D eigenvalue weighted by molar-refractivity contribution is -0.130. The summed E-state index contributed by atoms with van der Waals surface area (Å²) in [7, 11) is 16.7. The number of hydrogen-bond acceptors (Lipinski definition) is 24. The van der Waals surface area contributed by atoms with Crippen molar-refractivity contribution in [2.75, 3.05) is 164 Å². The van der Waals surface area contributed by atoms with E-state index in [1.54, 1.807) is 44.2 Å². The summed E-state index contributed by atoms with van der Waals surface area (Å²) in [5.74, 6) is -26.3. The first-order valence-corrected chi connectivity index (χ1v) is 46.6. The lowest BCUT2D eigenvalue weighted by Crippen LogP contribution is -2.46. The third-order valence-corrected chi connectivity index (χ3v) is 25.5. The van der Waals surface area contributed by atoms with Gasteiger partial charge in [0.2, 0.25) is 0 Å². The summed E-state index contributed by atoms with van der Waals surface area (Å²) in [5, 5.41) is 0. The molecule has 0 aromatic heterocycles. The molecule has 12 aliphatic rings. The third kappa shape index (κ3) is 27.2. The van der Waals surface area contributed by atoms with Gasteiger partial charge in [-0.3, -0.25) is 58.2 Å². The van der Waals surface area contributed by atoms with Crippen LogP contribution in [0.15, 0.2) is 72.8 Å². The lowest BCUT2D eigenvalue weighted by atomic mass is 9.79. The fraction of sp³-hybridized carbons (Fsp3) is 0.650. The second-order valence-electron chi connectivity index (χ2n) is 35.9. The molecule has 12 aliphatic heterocycles. The molecule has 0 spiro atoms. The van der Waals surface area contributed by atoms with E-state index in [1.165, 1.54) is 142 Å². The minimum absolute atomic E-state index is 0. The maximum atomic E-state index is 13.8. The zero-order valence-electron chi connectivity index (χ0n) is 138. The first-order chi connectivity index (χ1) is 88.1. The summed E-state index contributed by atoms with van der Waals surface area (Å²) >= 11 is 0. The van der Waals surface area contributed by atoms with Crippen LogP contribution < -0.4 is 56.8 Å². The number of fused-ring (bicyclic) bond motifs is 18. The van der Waals surface area contributed by atoms with Gasteiger partial charge >= 0.3 is 0 Å². The molecular formula is C120H180N6O18. The van der Waals surface area contributed by atoms with E-state index in [2.05, 4.69) is 0 Å². The first kappa shape index (κ1) is 61.6. The van der Waals surface area contributed by atoms with Crippen molar-refractivity contribution in [2.24, 2.45) is 70.9 Å². The molecular weight excluding hydrogens is 1810 g/mol. The van der Waals surface area contributed by atoms with Crippen LogP contribution in [0.2, 0.25) is 0 Å². The van der Waals surface area contributed by atoms with E-state index in [4.69, 9.17) is 131 Å². The molecule has 0 amide bonds. The summed E-state index contributed by atoms with van der Waals surface area (Å²) in [6, 6.07) is 7.40. The van der Waals surface area contributed by atoms with Crippen LogP contribution in [0.25, 0.3) is 0 Å². The second-order valence-corrected chi connectivity index (χ2v) is 35.9. The Labute approximate surface area is 940 Å². The van der Waals surface area contributed by atoms with Crippen LogP contribution in [0.4, 0.5) is 0 Å². The van der Waals surface area contributed by atoms with E-state index in [1.807, 2.05) is 27.7 Å². The number of ether oxygens (including phenoxy) is 12. The number of aryl methyl sites for hydroxylation is 3. The largest absolute Gasteiger partial charge is 0.493 e. The summed E-state index contributed by atoms with van der Waals surface area (Å²) in [4.78, 5) is 85.8. The van der Waals surface area contributed by atoms with E-state index < -0.39 is 274 Å². The molecule has 24 heteroatoms. The highest BCUT2D eigenvalue weighted by molar-refractivity contribution is 5.86. The number of Topliss-reactive ketones (excluding diaryl/α,β-unsaturated/α-hetero) is 6. The molecule has 0 bridgehead atoms. The van der Waals surface area contributed by atoms with Crippen LogP contribution in [0, 0.1) is 70.9 Å². The summed E-state index contributed by atoms with van der Waals surface area (Å²) in [6.45, 7) is -15.8. The molecule has 6 fully saturated rings. The van der Waals surface area contributed by atoms with Crippen molar-refractivity contribution in [2.45, 2.75) is 276 Å². The molecule has 6 saturated heterocycles. The van der Waals surface area contributed by atoms with Gasteiger partial charge in [-0.15, -0.1) is 0 Å². The number of rotatable bonds is 27. The summed E-state index contributed by atoms with van der Waals surface area (Å²) < 4.78 is 520. The van der Waals surface area contributed by atoms with E-state index in [-0.39, 0.29) is 178 Å². The summed E-state index contributed by atoms with van der Waals surface area (Å²) in [5.41, 5.74) is 2.79. The molecule has 12 heterocycles. The van der Waals surface area contributed by atoms with Crippen LogP contribution in [0.5, 0.6) is 69.0 Å². The van der Waals surface area contributed by atoms with Crippen LogP contribution in [0.1, 0.15) is 378 Å². The average Bonchev–Trinajstić information content (AvgIpc) is 0.659. The molecule has 15 unspecified atom stereocenters. The minimum atomic E-state index is -4.04. The maximum Gasteiger partial charge on any atom is 0.161 e. The minimum Gasteiger partial charge on any atom is -0.493 e. The molecule has 24 nitrogen and oxygen atoms in total. The highest BCUT2D eigenvalue weighted by atomic mass is 16.5. The monoisotopic (exact) mass is 2050 g/mol. The number of benzene rings is 6. The van der Waals surface area contributed by atoms with Gasteiger partial charge in [-0.05, 0) is 252 Å². The van der Waals surface area contributed by atoms with Crippen molar-refractivity contribution >= 4 is 34.7 Å². The lowest BCUT2D eigenvalue weighted by Gasteiger charge is -2.43. The predicted molar refractivity (Wildman–Crippen MR) is 575 cm³/mol. The molecule has 798 valence electrons. The Balaban J connectivity index is 0.000000236. The highest BCUT2D eigenvalue weighted by Crippen LogP contribution is 2.51. The number of nitrogens with zero attached hydrogens (tertiary/aromatic N) is 6. The average molecular weight is 2050 g/mol. The molecule has 6 aromatic carbocycles. The number of hydrogen-bond donors (Lipinski definition) is 0. The molecule has 0 aliphatic carbocycles. The molecule has 0 saturated carbocycles. The van der Waals surface area contributed by atoms with Gasteiger partial charge in [0.05, 0.1) is 89.4 Å². The zero-order valence-corrected chi connectivity index (χ0v) is 83.8. The highest BCUT2D eigenvalue weighted by Gasteiger charge is 2.47. The fourth-order valence-electron chi connectivity index (χ4n) is 18.4. The van der Waals surface area contributed by atoms with Gasteiger partial charge < -0.3 is 56.8 Å². The Morgan fingerprint density at radius 3 is 0.986 bits per heavy atom. The van der Waals surface area contributed by atoms with Crippen molar-refractivity contribution in [1.82, 2.24) is 29.4 Å². The predicted octanol–water partition coefficient (Wildman–Crippen LogP) is 22.5. The van der Waals surface area contributed by atoms with E-state index in [9.17, 15) is 28.8 Å². The Hall–Kier alpha value is -9.30. The van der Waals surface area contributed by atoms with Crippen LogP contribution >= 0.6 is 0 Å². The van der Waals surface area contributed by atoms with Gasteiger partial charge in [0.1, 0.15) is 34.7 Å². The number of carbonyl (C=O) groups excluding carboxylic acids is 6. The van der Waals surface area contributed by atoms with Gasteiger partial charge in [0.15, 0.2) is 69.0 Å². The van der Waals surface area contributed by atoms with Crippen molar-refractivity contribution in [3.05, 3.63) is 140 Å². The van der Waals surface area contributed by atoms with Gasteiger partial charge in [0, 0.05) is 258 Å². The van der Waals surface area contributed by atoms with Gasteiger partial charge in [-0.25, -0.2) is 0 Å². The van der Waals surface area contributed by atoms with Crippen molar-refractivity contribution in [3.8, 4) is 69.0 Å². The van der Waals surface area contributed by atoms with E-state index in [0.717, 1.165) is 29.9 Å². The SMILES string of the molecule is C.C.C.[2H]C1(CC(C)C)CN2C([2H])([2H])C([2H])([2H])c3cc(OC)c(OC)cc3C2([2H])C([2H])([2H])C1=O.[2H]C1([2H])C(=O)C([2H])(C([2H])([2H])C([2H])(C([2H])([2H])[2H])C([2H])([2H])C)C([2H])([2H])N2CCc3cc(OC)c(OC)cc3C21.[2H]C1([2H])C(=O)C([2H])(CC(C)C)C([2H])([2H])N2CCc3cc(OC)c(OC)cc3C21.[2H]C1([2H])C(C([2H])([2H])C([2H])(C([2H])([2H])[2H])C([2H])([2H])C)C(=O)CC2c3cc(OC)c(OC)cc3CCN21.[2H]C12CC(=O)C(C([2H])([2H])C([2H])(C([2H])([2H])[2H])C([2H])([2H])C)CN1C([2H])([2H])C([2H])([2H])c1cc(OC)c(OC)cc12.[2H]C12CC(=O)C(CC(C)C)CN1C([2H])([2H])C([2H])([2H])c1cc(OC)c(OC)cc12. The van der Waals surface area contributed by atoms with Gasteiger partial charge in [-0.2, -0.15) is 0 Å².